The van der Waals surface area contributed by atoms with E-state index in [1.54, 1.807) is 61.8 Å². The molecule has 0 atom stereocenters. The molecule has 0 saturated carbocycles. The molecule has 0 bridgehead atoms. The van der Waals surface area contributed by atoms with E-state index in [1.165, 1.54) is 9.80 Å². The number of nitrogens with zero attached hydrogens (tertiary/aromatic N) is 4. The Bertz CT molecular complexity index is 371. The highest BCUT2D eigenvalue weighted by Crippen LogP contribution is 2.06. The lowest BCUT2D eigenvalue weighted by Gasteiger charge is -2.19. The van der Waals surface area contributed by atoms with Crippen LogP contribution < -0.4 is 0 Å². The number of hydrogen-bond acceptors (Lipinski definition) is 3. The number of carbonyl (C=O) groups is 1. The summed E-state index contributed by atoms with van der Waals surface area (Å²) in [4.78, 5) is 22.7. The van der Waals surface area contributed by atoms with Crippen LogP contribution in [-0.2, 0) is 0 Å². The molecule has 5 nitrogen and oxygen atoms in total. The van der Waals surface area contributed by atoms with Crippen LogP contribution in [0.2, 0.25) is 0 Å². The van der Waals surface area contributed by atoms with Gasteiger partial charge < -0.3 is 0 Å². The van der Waals surface area contributed by atoms with Gasteiger partial charge in [0.15, 0.2) is 0 Å². The van der Waals surface area contributed by atoms with Crippen molar-refractivity contribution >= 4 is 18.5 Å². The summed E-state index contributed by atoms with van der Waals surface area (Å²) in [5.41, 5.74) is 0. The van der Waals surface area contributed by atoms with Crippen LogP contribution in [0.3, 0.4) is 0 Å². The highest BCUT2D eigenvalue weighted by atomic mass is 16.2. The number of allylic oxidation sites excluding steroid dienone is 2. The molecule has 2 aliphatic heterocycles. The van der Waals surface area contributed by atoms with Gasteiger partial charge in [-0.25, -0.2) is 4.79 Å². The fourth-order valence-corrected chi connectivity index (χ4v) is 1.17. The van der Waals surface area contributed by atoms with Gasteiger partial charge in [0.25, 0.3) is 0 Å². The lowest BCUT2D eigenvalue weighted by atomic mass is 10.5. The standard InChI is InChI=1S/C11H10N4O/c16-11(14-7-1-3-12-5-9-14)15-8-2-4-13-6-10-15/h1-10H. The van der Waals surface area contributed by atoms with Gasteiger partial charge in [-0.05, 0) is 12.2 Å². The van der Waals surface area contributed by atoms with E-state index >= 15 is 0 Å². The molecule has 0 aliphatic carbocycles. The van der Waals surface area contributed by atoms with Crippen LogP contribution in [0.4, 0.5) is 4.79 Å². The number of aliphatic imine (C=N–C) groups is 2. The molecule has 16 heavy (non-hydrogen) atoms. The SMILES string of the molecule is O=C(N1C=CC=NC=C1)N1C=CC=NC=C1. The Morgan fingerprint density at radius 3 is 1.81 bits per heavy atom. The quantitative estimate of drug-likeness (QED) is 0.607. The minimum absolute atomic E-state index is 0.198. The van der Waals surface area contributed by atoms with Gasteiger partial charge >= 0.3 is 6.03 Å². The van der Waals surface area contributed by atoms with Gasteiger partial charge in [-0.15, -0.1) is 0 Å². The number of urea groups is 1. The summed E-state index contributed by atoms with van der Waals surface area (Å²) in [6.07, 6.45) is 16.2. The second-order valence-corrected chi connectivity index (χ2v) is 2.97. The Labute approximate surface area is 93.1 Å². The van der Waals surface area contributed by atoms with E-state index in [-0.39, 0.29) is 6.03 Å². The number of rotatable bonds is 0. The maximum Gasteiger partial charge on any atom is 0.336 e. The summed E-state index contributed by atoms with van der Waals surface area (Å²) in [5.74, 6) is 0. The highest BCUT2D eigenvalue weighted by Gasteiger charge is 2.13. The molecule has 0 saturated heterocycles. The number of amides is 2. The minimum atomic E-state index is -0.198. The summed E-state index contributed by atoms with van der Waals surface area (Å²) >= 11 is 0. The highest BCUT2D eigenvalue weighted by molar-refractivity contribution is 5.82. The van der Waals surface area contributed by atoms with Gasteiger partial charge in [-0.2, -0.15) is 0 Å². The molecule has 0 spiro atoms. The number of carbonyl (C=O) groups excluding carboxylic acids is 1. The molecule has 2 heterocycles. The molecule has 0 aromatic carbocycles. The molecule has 2 rings (SSSR count). The second-order valence-electron chi connectivity index (χ2n) is 2.97. The van der Waals surface area contributed by atoms with Crippen molar-refractivity contribution in [3.8, 4) is 0 Å². The van der Waals surface area contributed by atoms with Crippen LogP contribution >= 0.6 is 0 Å². The Morgan fingerprint density at radius 1 is 0.812 bits per heavy atom. The van der Waals surface area contributed by atoms with E-state index in [1.807, 2.05) is 0 Å². The molecule has 5 heteroatoms. The zero-order chi connectivity index (χ0) is 11.2. The van der Waals surface area contributed by atoms with Crippen molar-refractivity contribution in [2.75, 3.05) is 0 Å². The van der Waals surface area contributed by atoms with Gasteiger partial charge in [-0.1, -0.05) is 0 Å². The predicted octanol–water partition coefficient (Wildman–Crippen LogP) is 1.85. The lowest BCUT2D eigenvalue weighted by Crippen LogP contribution is -2.30. The molecule has 2 amide bonds. The van der Waals surface area contributed by atoms with Crippen LogP contribution in [-0.4, -0.2) is 28.3 Å². The lowest BCUT2D eigenvalue weighted by molar-refractivity contribution is 0.210. The summed E-state index contributed by atoms with van der Waals surface area (Å²) < 4.78 is 0. The molecule has 80 valence electrons. The second kappa shape index (κ2) is 4.88. The third-order valence-corrected chi connectivity index (χ3v) is 1.91. The fraction of sp³-hybridized carbons (Fsp3) is 0. The molecule has 0 unspecified atom stereocenters. The first kappa shape index (κ1) is 10.1. The summed E-state index contributed by atoms with van der Waals surface area (Å²) in [7, 11) is 0. The van der Waals surface area contributed by atoms with Gasteiger partial charge in [-0.3, -0.25) is 19.8 Å². The largest absolute Gasteiger partial charge is 0.336 e. The molecular weight excluding hydrogens is 204 g/mol. The third-order valence-electron chi connectivity index (χ3n) is 1.91. The normalized spacial score (nSPS) is 17.8. The van der Waals surface area contributed by atoms with Gasteiger partial charge in [0, 0.05) is 49.6 Å². The van der Waals surface area contributed by atoms with Gasteiger partial charge in [0.05, 0.1) is 0 Å². The van der Waals surface area contributed by atoms with E-state index in [0.717, 1.165) is 0 Å². The predicted molar refractivity (Wildman–Crippen MR) is 62.6 cm³/mol. The van der Waals surface area contributed by atoms with Crippen molar-refractivity contribution < 1.29 is 4.79 Å². The molecule has 0 radical (unpaired) electrons. The summed E-state index contributed by atoms with van der Waals surface area (Å²) in [5, 5.41) is 0. The van der Waals surface area contributed by atoms with Crippen molar-refractivity contribution in [1.82, 2.24) is 9.80 Å². The maximum absolute atomic E-state index is 12.0. The van der Waals surface area contributed by atoms with Crippen LogP contribution in [0, 0.1) is 0 Å². The maximum atomic E-state index is 12.0. The Kier molecular flexibility index (Phi) is 3.08. The Morgan fingerprint density at radius 2 is 1.31 bits per heavy atom. The molecule has 0 fully saturated rings. The topological polar surface area (TPSA) is 48.3 Å². The van der Waals surface area contributed by atoms with Crippen molar-refractivity contribution in [2.45, 2.75) is 0 Å². The first-order chi connectivity index (χ1) is 7.88. The molecular formula is C11H10N4O. The van der Waals surface area contributed by atoms with E-state index < -0.39 is 0 Å². The Balaban J connectivity index is 2.13. The van der Waals surface area contributed by atoms with E-state index in [2.05, 4.69) is 9.98 Å². The Hall–Kier alpha value is -2.43. The molecule has 0 N–H and O–H groups in total. The fourth-order valence-electron chi connectivity index (χ4n) is 1.17. The molecule has 0 aromatic heterocycles. The van der Waals surface area contributed by atoms with Gasteiger partial charge in [0.1, 0.15) is 0 Å². The van der Waals surface area contributed by atoms with Crippen LogP contribution in [0.1, 0.15) is 0 Å². The molecule has 0 aromatic rings. The van der Waals surface area contributed by atoms with Crippen molar-refractivity contribution in [2.24, 2.45) is 9.98 Å². The molecule has 2 aliphatic rings. The van der Waals surface area contributed by atoms with Crippen LogP contribution in [0.25, 0.3) is 0 Å². The zero-order valence-corrected chi connectivity index (χ0v) is 8.47. The third kappa shape index (κ3) is 2.33. The number of hydrogen-bond donors (Lipinski definition) is 0. The summed E-state index contributed by atoms with van der Waals surface area (Å²) in [6, 6.07) is -0.198. The average molecular weight is 214 g/mol. The van der Waals surface area contributed by atoms with Crippen molar-refractivity contribution in [3.05, 3.63) is 49.4 Å². The van der Waals surface area contributed by atoms with Crippen LogP contribution in [0.15, 0.2) is 59.3 Å². The first-order valence-electron chi connectivity index (χ1n) is 4.72. The van der Waals surface area contributed by atoms with Crippen LogP contribution in [0.5, 0.6) is 0 Å². The zero-order valence-electron chi connectivity index (χ0n) is 8.47. The van der Waals surface area contributed by atoms with Gasteiger partial charge in [0.2, 0.25) is 0 Å². The van der Waals surface area contributed by atoms with E-state index in [9.17, 15) is 4.79 Å². The van der Waals surface area contributed by atoms with Crippen molar-refractivity contribution in [3.63, 3.8) is 0 Å². The minimum Gasteiger partial charge on any atom is -0.274 e. The monoisotopic (exact) mass is 214 g/mol. The van der Waals surface area contributed by atoms with E-state index in [4.69, 9.17) is 0 Å². The summed E-state index contributed by atoms with van der Waals surface area (Å²) in [6.45, 7) is 0. The van der Waals surface area contributed by atoms with E-state index in [0.29, 0.717) is 0 Å². The van der Waals surface area contributed by atoms with Crippen molar-refractivity contribution in [1.29, 1.82) is 0 Å². The average Bonchev–Trinajstić information content (AvgIpc) is 2.73. The smallest absolute Gasteiger partial charge is 0.274 e. The first-order valence-corrected chi connectivity index (χ1v) is 4.72.